The van der Waals surface area contributed by atoms with Gasteiger partial charge in [0.1, 0.15) is 0 Å². The number of hydrogen-bond acceptors (Lipinski definition) is 4. The number of hydrogen-bond donors (Lipinski definition) is 2. The predicted molar refractivity (Wildman–Crippen MR) is 102 cm³/mol. The third kappa shape index (κ3) is 4.57. The van der Waals surface area contributed by atoms with Crippen LogP contribution in [0.2, 0.25) is 0 Å². The fourth-order valence-corrected chi connectivity index (χ4v) is 3.99. The highest BCUT2D eigenvalue weighted by molar-refractivity contribution is 7.10. The van der Waals surface area contributed by atoms with E-state index in [-0.39, 0.29) is 24.4 Å². The molecule has 0 spiro atoms. The Morgan fingerprint density at radius 3 is 2.83 bits per heavy atom. The molecule has 0 saturated carbocycles. The zero-order valence-corrected chi connectivity index (χ0v) is 15.2. The Labute approximate surface area is 153 Å². The molecule has 4 nitrogen and oxygen atoms in total. The number of nitrogens with zero attached hydrogens (tertiary/aromatic N) is 1. The van der Waals surface area contributed by atoms with E-state index in [0.717, 1.165) is 19.5 Å². The second kappa shape index (κ2) is 9.18. The molecule has 0 saturated heterocycles. The summed E-state index contributed by atoms with van der Waals surface area (Å²) in [5.41, 5.74) is 8.14. The number of carbonyl (C=O) groups excluding carboxylic acids is 1. The molecule has 6 heteroatoms. The number of fused-ring (bicyclic) bond motifs is 1. The van der Waals surface area contributed by atoms with Gasteiger partial charge in [-0.15, -0.1) is 23.7 Å². The van der Waals surface area contributed by atoms with Crippen molar-refractivity contribution in [3.05, 3.63) is 57.8 Å². The summed E-state index contributed by atoms with van der Waals surface area (Å²) in [6, 6.07) is 12.9. The van der Waals surface area contributed by atoms with Gasteiger partial charge in [0.15, 0.2) is 0 Å². The highest BCUT2D eigenvalue weighted by atomic mass is 35.5. The quantitative estimate of drug-likeness (QED) is 0.827. The molecule has 1 unspecified atom stereocenters. The molecule has 1 aliphatic rings. The van der Waals surface area contributed by atoms with Crippen LogP contribution in [0.25, 0.3) is 0 Å². The van der Waals surface area contributed by atoms with Gasteiger partial charge >= 0.3 is 0 Å². The SMILES string of the molecule is Cl.NCCC(=O)NCC(c1ccccc1)N1CCc2sccc2C1. The first kappa shape index (κ1) is 18.9. The molecule has 1 amide bonds. The van der Waals surface area contributed by atoms with Gasteiger partial charge in [-0.3, -0.25) is 9.69 Å². The molecule has 1 aromatic heterocycles. The van der Waals surface area contributed by atoms with Crippen LogP contribution in [0.1, 0.15) is 28.5 Å². The normalized spacial score (nSPS) is 15.2. The van der Waals surface area contributed by atoms with Gasteiger partial charge in [-0.25, -0.2) is 0 Å². The van der Waals surface area contributed by atoms with E-state index in [1.54, 1.807) is 0 Å². The lowest BCUT2D eigenvalue weighted by molar-refractivity contribution is -0.121. The Morgan fingerprint density at radius 1 is 1.29 bits per heavy atom. The highest BCUT2D eigenvalue weighted by Crippen LogP contribution is 2.30. The average Bonchev–Trinajstić information content (AvgIpc) is 3.04. The lowest BCUT2D eigenvalue weighted by Crippen LogP contribution is -2.40. The van der Waals surface area contributed by atoms with Gasteiger partial charge in [0.2, 0.25) is 5.91 Å². The minimum Gasteiger partial charge on any atom is -0.354 e. The van der Waals surface area contributed by atoms with Gasteiger partial charge in [0, 0.05) is 37.5 Å². The van der Waals surface area contributed by atoms with Crippen molar-refractivity contribution in [1.29, 1.82) is 0 Å². The van der Waals surface area contributed by atoms with E-state index >= 15 is 0 Å². The first-order valence-electron chi connectivity index (χ1n) is 8.09. The second-order valence-electron chi connectivity index (χ2n) is 5.86. The van der Waals surface area contributed by atoms with Crippen molar-refractivity contribution in [2.45, 2.75) is 25.4 Å². The van der Waals surface area contributed by atoms with Crippen LogP contribution in [0.15, 0.2) is 41.8 Å². The van der Waals surface area contributed by atoms with E-state index in [4.69, 9.17) is 5.73 Å². The van der Waals surface area contributed by atoms with E-state index in [2.05, 4.69) is 45.9 Å². The molecular formula is C18H24ClN3OS. The van der Waals surface area contributed by atoms with Gasteiger partial charge in [-0.05, 0) is 29.0 Å². The number of halogens is 1. The van der Waals surface area contributed by atoms with Gasteiger partial charge in [0.05, 0.1) is 6.04 Å². The Bertz CT molecular complexity index is 647. The van der Waals surface area contributed by atoms with Crippen molar-refractivity contribution in [1.82, 2.24) is 10.2 Å². The summed E-state index contributed by atoms with van der Waals surface area (Å²) >= 11 is 1.85. The summed E-state index contributed by atoms with van der Waals surface area (Å²) < 4.78 is 0. The topological polar surface area (TPSA) is 58.4 Å². The van der Waals surface area contributed by atoms with Crippen LogP contribution < -0.4 is 11.1 Å². The van der Waals surface area contributed by atoms with Gasteiger partial charge in [-0.1, -0.05) is 30.3 Å². The summed E-state index contributed by atoms with van der Waals surface area (Å²) in [4.78, 5) is 15.8. The van der Waals surface area contributed by atoms with Crippen LogP contribution in [0.5, 0.6) is 0 Å². The first-order valence-corrected chi connectivity index (χ1v) is 8.97. The van der Waals surface area contributed by atoms with E-state index in [0.29, 0.717) is 19.5 Å². The molecule has 1 aromatic carbocycles. The molecule has 0 aliphatic carbocycles. The highest BCUT2D eigenvalue weighted by Gasteiger charge is 2.25. The summed E-state index contributed by atoms with van der Waals surface area (Å²) in [5.74, 6) is 0.0293. The summed E-state index contributed by atoms with van der Waals surface area (Å²) in [6.45, 7) is 3.00. The lowest BCUT2D eigenvalue weighted by Gasteiger charge is -2.35. The van der Waals surface area contributed by atoms with Crippen molar-refractivity contribution < 1.29 is 4.79 Å². The fourth-order valence-electron chi connectivity index (χ4n) is 3.10. The van der Waals surface area contributed by atoms with Crippen LogP contribution in [0, 0.1) is 0 Å². The van der Waals surface area contributed by atoms with Crippen molar-refractivity contribution in [2.75, 3.05) is 19.6 Å². The Balaban J connectivity index is 0.00000208. The Hall–Kier alpha value is -1.40. The maximum Gasteiger partial charge on any atom is 0.221 e. The fraction of sp³-hybridized carbons (Fsp3) is 0.389. The van der Waals surface area contributed by atoms with Crippen molar-refractivity contribution in [3.8, 4) is 0 Å². The minimum absolute atomic E-state index is 0. The largest absolute Gasteiger partial charge is 0.354 e. The van der Waals surface area contributed by atoms with Crippen LogP contribution in [-0.4, -0.2) is 30.4 Å². The number of nitrogens with two attached hydrogens (primary N) is 1. The molecule has 1 aliphatic heterocycles. The van der Waals surface area contributed by atoms with Crippen LogP contribution in [-0.2, 0) is 17.8 Å². The van der Waals surface area contributed by atoms with E-state index in [9.17, 15) is 4.79 Å². The van der Waals surface area contributed by atoms with Crippen molar-refractivity contribution in [3.63, 3.8) is 0 Å². The Kier molecular flexibility index (Phi) is 7.24. The number of rotatable bonds is 6. The summed E-state index contributed by atoms with van der Waals surface area (Å²) in [7, 11) is 0. The Morgan fingerprint density at radius 2 is 2.08 bits per heavy atom. The van der Waals surface area contributed by atoms with Gasteiger partial charge in [0.25, 0.3) is 0 Å². The third-order valence-electron chi connectivity index (χ3n) is 4.33. The molecular weight excluding hydrogens is 342 g/mol. The molecule has 24 heavy (non-hydrogen) atoms. The number of nitrogens with one attached hydrogen (secondary N) is 1. The molecule has 3 N–H and O–H groups in total. The molecule has 3 rings (SSSR count). The molecule has 0 radical (unpaired) electrons. The maximum atomic E-state index is 11.8. The molecule has 1 atom stereocenters. The number of carbonyl (C=O) groups is 1. The number of thiophene rings is 1. The smallest absolute Gasteiger partial charge is 0.221 e. The minimum atomic E-state index is 0. The average molecular weight is 366 g/mol. The number of amides is 1. The van der Waals surface area contributed by atoms with Gasteiger partial charge in [-0.2, -0.15) is 0 Å². The van der Waals surface area contributed by atoms with Crippen LogP contribution in [0.3, 0.4) is 0 Å². The molecule has 2 heterocycles. The van der Waals surface area contributed by atoms with Crippen LogP contribution >= 0.6 is 23.7 Å². The zero-order chi connectivity index (χ0) is 16.1. The standard InChI is InChI=1S/C18H23N3OS.ClH/c19-9-6-18(22)20-12-16(14-4-2-1-3-5-14)21-10-7-17-15(13-21)8-11-23-17;/h1-5,8,11,16H,6-7,9-10,12-13,19H2,(H,20,22);1H. The number of benzene rings is 1. The predicted octanol–water partition coefficient (Wildman–Crippen LogP) is 2.73. The molecule has 130 valence electrons. The van der Waals surface area contributed by atoms with E-state index < -0.39 is 0 Å². The third-order valence-corrected chi connectivity index (χ3v) is 5.35. The first-order chi connectivity index (χ1) is 11.3. The molecule has 0 fully saturated rings. The van der Waals surface area contributed by atoms with Crippen molar-refractivity contribution in [2.24, 2.45) is 5.73 Å². The zero-order valence-electron chi connectivity index (χ0n) is 13.6. The van der Waals surface area contributed by atoms with E-state index in [1.807, 2.05) is 17.4 Å². The lowest BCUT2D eigenvalue weighted by atomic mass is 10.0. The monoisotopic (exact) mass is 365 g/mol. The summed E-state index contributed by atoms with van der Waals surface area (Å²) in [5, 5.41) is 5.21. The van der Waals surface area contributed by atoms with E-state index in [1.165, 1.54) is 16.0 Å². The molecule has 0 bridgehead atoms. The maximum absolute atomic E-state index is 11.8. The molecule has 2 aromatic rings. The van der Waals surface area contributed by atoms with Gasteiger partial charge < -0.3 is 11.1 Å². The van der Waals surface area contributed by atoms with Crippen LogP contribution in [0.4, 0.5) is 0 Å². The van der Waals surface area contributed by atoms with Crippen molar-refractivity contribution >= 4 is 29.7 Å². The second-order valence-corrected chi connectivity index (χ2v) is 6.86. The summed E-state index contributed by atoms with van der Waals surface area (Å²) in [6.07, 6.45) is 1.48.